The Morgan fingerprint density at radius 2 is 2.21 bits per heavy atom. The molecule has 0 spiro atoms. The second kappa shape index (κ2) is 4.98. The molecule has 0 aliphatic carbocycles. The van der Waals surface area contributed by atoms with Crippen LogP contribution >= 0.6 is 11.6 Å². The van der Waals surface area contributed by atoms with Crippen LogP contribution in [0, 0.1) is 5.92 Å². The van der Waals surface area contributed by atoms with Gasteiger partial charge in [0.1, 0.15) is 5.75 Å². The van der Waals surface area contributed by atoms with Crippen molar-refractivity contribution in [3.05, 3.63) is 29.3 Å². The molecule has 0 bridgehead atoms. The first-order valence-electron chi connectivity index (χ1n) is 6.65. The molecule has 0 saturated carbocycles. The van der Waals surface area contributed by atoms with Crippen LogP contribution in [0.3, 0.4) is 0 Å². The summed E-state index contributed by atoms with van der Waals surface area (Å²) >= 11 is 6.48. The molecule has 2 atom stereocenters. The fraction of sp³-hybridized carbons (Fsp3) is 0.571. The topological polar surface area (TPSA) is 43.4 Å². The van der Waals surface area contributed by atoms with Crippen LogP contribution in [0.25, 0.3) is 0 Å². The minimum absolute atomic E-state index is 0.0363. The molecule has 2 aliphatic rings. The molecule has 3 rings (SSSR count). The number of ether oxygens (including phenoxy) is 1. The summed E-state index contributed by atoms with van der Waals surface area (Å²) < 4.78 is 28.6. The summed E-state index contributed by atoms with van der Waals surface area (Å²) in [7, 11) is -2.87. The van der Waals surface area contributed by atoms with Gasteiger partial charge in [-0.25, -0.2) is 8.42 Å². The largest absolute Gasteiger partial charge is 0.493 e. The minimum Gasteiger partial charge on any atom is -0.493 e. The second-order valence-corrected chi connectivity index (χ2v) is 8.08. The third-order valence-corrected chi connectivity index (χ3v) is 6.33. The lowest BCUT2D eigenvalue weighted by atomic mass is 9.95. The Morgan fingerprint density at radius 1 is 1.37 bits per heavy atom. The Bertz CT molecular complexity index is 582. The maximum atomic E-state index is 11.5. The number of hydrogen-bond donors (Lipinski definition) is 0. The average molecular weight is 301 g/mol. The van der Waals surface area contributed by atoms with Gasteiger partial charge in [-0.15, -0.1) is 11.6 Å². The van der Waals surface area contributed by atoms with Gasteiger partial charge in [0.05, 0.1) is 23.5 Å². The van der Waals surface area contributed by atoms with E-state index in [0.717, 1.165) is 30.8 Å². The first-order chi connectivity index (χ1) is 9.05. The molecular weight excluding hydrogens is 284 g/mol. The van der Waals surface area contributed by atoms with E-state index >= 15 is 0 Å². The van der Waals surface area contributed by atoms with E-state index in [-0.39, 0.29) is 22.8 Å². The van der Waals surface area contributed by atoms with Gasteiger partial charge in [-0.1, -0.05) is 12.1 Å². The highest BCUT2D eigenvalue weighted by Gasteiger charge is 2.33. The summed E-state index contributed by atoms with van der Waals surface area (Å²) in [5, 5.41) is -0.218. The summed E-state index contributed by atoms with van der Waals surface area (Å²) in [6, 6.07) is 6.01. The van der Waals surface area contributed by atoms with Crippen molar-refractivity contribution in [2.24, 2.45) is 5.92 Å². The number of alkyl halides is 1. The van der Waals surface area contributed by atoms with E-state index in [1.165, 1.54) is 5.56 Å². The number of halogens is 1. The summed E-state index contributed by atoms with van der Waals surface area (Å²) in [5.41, 5.74) is 2.21. The zero-order valence-corrected chi connectivity index (χ0v) is 12.2. The first-order valence-corrected chi connectivity index (χ1v) is 8.91. The van der Waals surface area contributed by atoms with E-state index < -0.39 is 9.84 Å². The van der Waals surface area contributed by atoms with Crippen molar-refractivity contribution >= 4 is 21.4 Å². The Labute approximate surface area is 118 Å². The maximum Gasteiger partial charge on any atom is 0.150 e. The number of sulfone groups is 1. The Morgan fingerprint density at radius 3 is 2.95 bits per heavy atom. The maximum absolute atomic E-state index is 11.5. The lowest BCUT2D eigenvalue weighted by Gasteiger charge is -2.21. The van der Waals surface area contributed by atoms with E-state index in [0.29, 0.717) is 6.42 Å². The number of fused-ring (bicyclic) bond motifs is 1. The predicted molar refractivity (Wildman–Crippen MR) is 75.6 cm³/mol. The van der Waals surface area contributed by atoms with Gasteiger partial charge in [0.15, 0.2) is 9.84 Å². The zero-order valence-electron chi connectivity index (χ0n) is 10.6. The average Bonchev–Trinajstić information content (AvgIpc) is 2.78. The SMILES string of the molecule is O=S1(=O)CCC(C(Cl)c2ccc3c(c2)CCCO3)C1. The summed E-state index contributed by atoms with van der Waals surface area (Å²) in [6.07, 6.45) is 2.71. The van der Waals surface area contributed by atoms with Gasteiger partial charge >= 0.3 is 0 Å². The molecular formula is C14H17ClO3S. The lowest BCUT2D eigenvalue weighted by molar-refractivity contribution is 0.288. The standard InChI is InChI=1S/C14H17ClO3S/c15-14(12-5-7-19(16,17)9-12)11-3-4-13-10(8-11)2-1-6-18-13/h3-4,8,12,14H,1-2,5-7,9H2. The van der Waals surface area contributed by atoms with Crippen molar-refractivity contribution in [2.75, 3.05) is 18.1 Å². The quantitative estimate of drug-likeness (QED) is 0.789. The molecule has 1 aromatic carbocycles. The van der Waals surface area contributed by atoms with Gasteiger partial charge < -0.3 is 4.74 Å². The molecule has 0 aromatic heterocycles. The highest BCUT2D eigenvalue weighted by Crippen LogP contribution is 2.38. The number of benzene rings is 1. The Kier molecular flexibility index (Phi) is 3.48. The molecule has 0 amide bonds. The molecule has 104 valence electrons. The number of aryl methyl sites for hydroxylation is 1. The smallest absolute Gasteiger partial charge is 0.150 e. The predicted octanol–water partition coefficient (Wildman–Crippen LogP) is 2.73. The van der Waals surface area contributed by atoms with Crippen molar-refractivity contribution in [1.82, 2.24) is 0 Å². The van der Waals surface area contributed by atoms with Gasteiger partial charge in [0.2, 0.25) is 0 Å². The molecule has 1 fully saturated rings. The van der Waals surface area contributed by atoms with Crippen LogP contribution in [0.1, 0.15) is 29.3 Å². The third kappa shape index (κ3) is 2.75. The molecule has 2 unspecified atom stereocenters. The van der Waals surface area contributed by atoms with E-state index in [1.807, 2.05) is 12.1 Å². The molecule has 5 heteroatoms. The normalized spacial score (nSPS) is 26.5. The fourth-order valence-electron chi connectivity index (χ4n) is 2.88. The zero-order chi connectivity index (χ0) is 13.5. The monoisotopic (exact) mass is 300 g/mol. The molecule has 2 aliphatic heterocycles. The lowest BCUT2D eigenvalue weighted by Crippen LogP contribution is -2.12. The van der Waals surface area contributed by atoms with E-state index in [2.05, 4.69) is 6.07 Å². The Hall–Kier alpha value is -0.740. The van der Waals surface area contributed by atoms with E-state index in [9.17, 15) is 8.42 Å². The van der Waals surface area contributed by atoms with Crippen LogP contribution in [-0.2, 0) is 16.3 Å². The van der Waals surface area contributed by atoms with Gasteiger partial charge in [0, 0.05) is 0 Å². The summed E-state index contributed by atoms with van der Waals surface area (Å²) in [6.45, 7) is 0.775. The van der Waals surface area contributed by atoms with Crippen LogP contribution in [0.15, 0.2) is 18.2 Å². The van der Waals surface area contributed by atoms with Crippen LogP contribution in [0.5, 0.6) is 5.75 Å². The molecule has 1 aromatic rings. The molecule has 0 radical (unpaired) electrons. The number of hydrogen-bond acceptors (Lipinski definition) is 3. The van der Waals surface area contributed by atoms with E-state index in [4.69, 9.17) is 16.3 Å². The second-order valence-electron chi connectivity index (χ2n) is 5.38. The highest BCUT2D eigenvalue weighted by atomic mass is 35.5. The summed E-state index contributed by atoms with van der Waals surface area (Å²) in [4.78, 5) is 0. The molecule has 19 heavy (non-hydrogen) atoms. The molecule has 3 nitrogen and oxygen atoms in total. The van der Waals surface area contributed by atoms with Gasteiger partial charge in [-0.3, -0.25) is 0 Å². The van der Waals surface area contributed by atoms with Crippen molar-refractivity contribution in [2.45, 2.75) is 24.6 Å². The van der Waals surface area contributed by atoms with Crippen LogP contribution < -0.4 is 4.74 Å². The third-order valence-electron chi connectivity index (χ3n) is 3.93. The van der Waals surface area contributed by atoms with Gasteiger partial charge in [-0.05, 0) is 42.4 Å². The van der Waals surface area contributed by atoms with Crippen molar-refractivity contribution in [3.8, 4) is 5.75 Å². The minimum atomic E-state index is -2.87. The number of rotatable bonds is 2. The fourth-order valence-corrected chi connectivity index (χ4v) is 5.18. The van der Waals surface area contributed by atoms with Gasteiger partial charge in [-0.2, -0.15) is 0 Å². The van der Waals surface area contributed by atoms with Crippen LogP contribution in [0.4, 0.5) is 0 Å². The molecule has 1 saturated heterocycles. The first kappa shape index (κ1) is 13.3. The van der Waals surface area contributed by atoms with E-state index in [1.54, 1.807) is 0 Å². The van der Waals surface area contributed by atoms with Crippen molar-refractivity contribution in [3.63, 3.8) is 0 Å². The van der Waals surface area contributed by atoms with Gasteiger partial charge in [0.25, 0.3) is 0 Å². The van der Waals surface area contributed by atoms with Crippen molar-refractivity contribution in [1.29, 1.82) is 0 Å². The van der Waals surface area contributed by atoms with Crippen LogP contribution in [-0.4, -0.2) is 26.5 Å². The van der Waals surface area contributed by atoms with Crippen LogP contribution in [0.2, 0.25) is 0 Å². The summed E-state index contributed by atoms with van der Waals surface area (Å²) in [5.74, 6) is 1.47. The molecule has 2 heterocycles. The van der Waals surface area contributed by atoms with Crippen molar-refractivity contribution < 1.29 is 13.2 Å². The highest BCUT2D eigenvalue weighted by molar-refractivity contribution is 7.91. The Balaban J connectivity index is 1.82. The molecule has 0 N–H and O–H groups in total.